The molecule has 3 heterocycles. The first kappa shape index (κ1) is 10.9. The number of hydrogen-bond donors (Lipinski definition) is 1. The van der Waals surface area contributed by atoms with Gasteiger partial charge in [0.05, 0.1) is 6.20 Å². The first-order chi connectivity index (χ1) is 8.75. The zero-order valence-electron chi connectivity index (χ0n) is 10.4. The van der Waals surface area contributed by atoms with Crippen molar-refractivity contribution < 1.29 is 0 Å². The predicted molar refractivity (Wildman–Crippen MR) is 71.2 cm³/mol. The Bertz CT molecular complexity index is 668. The Morgan fingerprint density at radius 2 is 1.94 bits per heavy atom. The van der Waals surface area contributed by atoms with Crippen molar-refractivity contribution in [3.63, 3.8) is 0 Å². The number of hydrogen-bond acceptors (Lipinski definition) is 3. The van der Waals surface area contributed by atoms with Gasteiger partial charge in [-0.15, -0.1) is 0 Å². The van der Waals surface area contributed by atoms with Crippen LogP contribution in [0.3, 0.4) is 0 Å². The minimum Gasteiger partial charge on any atom is -0.261 e. The van der Waals surface area contributed by atoms with Gasteiger partial charge in [0.25, 0.3) is 0 Å². The molecule has 3 aromatic heterocycles. The Kier molecular flexibility index (Phi) is 2.55. The summed E-state index contributed by atoms with van der Waals surface area (Å²) in [7, 11) is 0. The van der Waals surface area contributed by atoms with Crippen LogP contribution in [0.5, 0.6) is 0 Å². The molecule has 3 rings (SSSR count). The molecule has 0 atom stereocenters. The highest BCUT2D eigenvalue weighted by atomic mass is 15.1. The lowest BCUT2D eigenvalue weighted by molar-refractivity contribution is 0.823. The van der Waals surface area contributed by atoms with Crippen molar-refractivity contribution in [2.75, 3.05) is 0 Å². The number of aromatic amines is 1. The Hall–Kier alpha value is -2.23. The summed E-state index contributed by atoms with van der Waals surface area (Å²) in [5.74, 6) is 0.449. The van der Waals surface area contributed by atoms with Gasteiger partial charge in [-0.3, -0.25) is 10.1 Å². The third-order valence-corrected chi connectivity index (χ3v) is 3.04. The lowest BCUT2D eigenvalue weighted by Gasteiger charge is -2.06. The number of aromatic nitrogens is 4. The van der Waals surface area contributed by atoms with Crippen molar-refractivity contribution in [1.29, 1.82) is 0 Å². The zero-order chi connectivity index (χ0) is 12.5. The summed E-state index contributed by atoms with van der Waals surface area (Å²) in [5.41, 5.74) is 4.11. The second-order valence-corrected chi connectivity index (χ2v) is 4.62. The van der Waals surface area contributed by atoms with E-state index in [4.69, 9.17) is 0 Å². The van der Waals surface area contributed by atoms with Gasteiger partial charge in [-0.2, -0.15) is 5.10 Å². The molecule has 3 aromatic rings. The summed E-state index contributed by atoms with van der Waals surface area (Å²) in [6.07, 6.45) is 5.50. The van der Waals surface area contributed by atoms with E-state index >= 15 is 0 Å². The molecule has 0 radical (unpaired) electrons. The SMILES string of the molecule is CC(C)c1ccc(-c2ccnc3[nH]ncc23)cn1. The molecule has 0 amide bonds. The Morgan fingerprint density at radius 1 is 1.06 bits per heavy atom. The van der Waals surface area contributed by atoms with E-state index in [2.05, 4.69) is 46.1 Å². The van der Waals surface area contributed by atoms with Gasteiger partial charge in [-0.05, 0) is 23.6 Å². The molecule has 0 aliphatic heterocycles. The van der Waals surface area contributed by atoms with E-state index in [9.17, 15) is 0 Å². The van der Waals surface area contributed by atoms with E-state index in [0.29, 0.717) is 5.92 Å². The molecule has 0 aliphatic carbocycles. The Morgan fingerprint density at radius 3 is 2.67 bits per heavy atom. The quantitative estimate of drug-likeness (QED) is 0.746. The summed E-state index contributed by atoms with van der Waals surface area (Å²) in [4.78, 5) is 8.73. The van der Waals surface area contributed by atoms with Crippen molar-refractivity contribution in [3.05, 3.63) is 42.5 Å². The molecule has 18 heavy (non-hydrogen) atoms. The van der Waals surface area contributed by atoms with Crippen LogP contribution in [0.25, 0.3) is 22.2 Å². The molecule has 0 fully saturated rings. The van der Waals surface area contributed by atoms with Crippen LogP contribution in [0, 0.1) is 0 Å². The van der Waals surface area contributed by atoms with E-state index in [1.165, 1.54) is 0 Å². The fourth-order valence-corrected chi connectivity index (χ4v) is 2.01. The van der Waals surface area contributed by atoms with E-state index in [0.717, 1.165) is 27.9 Å². The van der Waals surface area contributed by atoms with Crippen molar-refractivity contribution in [1.82, 2.24) is 20.2 Å². The van der Waals surface area contributed by atoms with Gasteiger partial charge in [0.2, 0.25) is 0 Å². The van der Waals surface area contributed by atoms with Crippen LogP contribution in [0.15, 0.2) is 36.8 Å². The first-order valence-corrected chi connectivity index (χ1v) is 6.00. The molecule has 0 unspecified atom stereocenters. The van der Waals surface area contributed by atoms with Gasteiger partial charge in [0.15, 0.2) is 5.65 Å². The molecule has 0 spiro atoms. The Labute approximate surface area is 105 Å². The van der Waals surface area contributed by atoms with Gasteiger partial charge in [0.1, 0.15) is 0 Å². The predicted octanol–water partition coefficient (Wildman–Crippen LogP) is 3.14. The van der Waals surface area contributed by atoms with Crippen LogP contribution in [0.2, 0.25) is 0 Å². The maximum Gasteiger partial charge on any atom is 0.155 e. The van der Waals surface area contributed by atoms with Crippen molar-refractivity contribution in [3.8, 4) is 11.1 Å². The fraction of sp³-hybridized carbons (Fsp3) is 0.214. The molecular formula is C14H14N4. The van der Waals surface area contributed by atoms with E-state index in [1.54, 1.807) is 12.4 Å². The zero-order valence-corrected chi connectivity index (χ0v) is 10.4. The minimum atomic E-state index is 0.449. The molecule has 0 aliphatic rings. The number of pyridine rings is 2. The highest BCUT2D eigenvalue weighted by molar-refractivity contribution is 5.91. The van der Waals surface area contributed by atoms with E-state index in [1.807, 2.05) is 12.3 Å². The average Bonchev–Trinajstić information content (AvgIpc) is 2.87. The smallest absolute Gasteiger partial charge is 0.155 e. The highest BCUT2D eigenvalue weighted by Crippen LogP contribution is 2.26. The monoisotopic (exact) mass is 238 g/mol. The minimum absolute atomic E-state index is 0.449. The lowest BCUT2D eigenvalue weighted by atomic mass is 10.0. The molecule has 1 N–H and O–H groups in total. The number of fused-ring (bicyclic) bond motifs is 1. The molecule has 4 heteroatoms. The molecule has 0 saturated carbocycles. The van der Waals surface area contributed by atoms with Gasteiger partial charge in [0, 0.05) is 29.0 Å². The van der Waals surface area contributed by atoms with Crippen molar-refractivity contribution in [2.24, 2.45) is 0 Å². The second-order valence-electron chi connectivity index (χ2n) is 4.62. The lowest BCUT2D eigenvalue weighted by Crippen LogP contribution is -1.92. The van der Waals surface area contributed by atoms with Gasteiger partial charge in [-0.1, -0.05) is 19.9 Å². The van der Waals surface area contributed by atoms with Gasteiger partial charge >= 0.3 is 0 Å². The second kappa shape index (κ2) is 4.22. The topological polar surface area (TPSA) is 54.5 Å². The highest BCUT2D eigenvalue weighted by Gasteiger charge is 2.07. The molecule has 0 aromatic carbocycles. The third kappa shape index (κ3) is 1.76. The van der Waals surface area contributed by atoms with Crippen LogP contribution >= 0.6 is 0 Å². The molecular weight excluding hydrogens is 224 g/mol. The average molecular weight is 238 g/mol. The summed E-state index contributed by atoms with van der Waals surface area (Å²) < 4.78 is 0. The van der Waals surface area contributed by atoms with Crippen LogP contribution in [-0.4, -0.2) is 20.2 Å². The standard InChI is InChI=1S/C14H14N4/c1-9(2)13-4-3-10(7-16-13)11-5-6-15-14-12(11)8-17-18-14/h3-9H,1-2H3,(H,15,17,18). The van der Waals surface area contributed by atoms with Crippen LogP contribution in [-0.2, 0) is 0 Å². The maximum absolute atomic E-state index is 4.49. The largest absolute Gasteiger partial charge is 0.261 e. The van der Waals surface area contributed by atoms with Crippen LogP contribution in [0.1, 0.15) is 25.5 Å². The number of H-pyrrole nitrogens is 1. The fourth-order valence-electron chi connectivity index (χ4n) is 2.01. The van der Waals surface area contributed by atoms with Gasteiger partial charge < -0.3 is 0 Å². The summed E-state index contributed by atoms with van der Waals surface area (Å²) in [5, 5.41) is 7.93. The molecule has 4 nitrogen and oxygen atoms in total. The summed E-state index contributed by atoms with van der Waals surface area (Å²) >= 11 is 0. The number of rotatable bonds is 2. The molecule has 90 valence electrons. The van der Waals surface area contributed by atoms with Gasteiger partial charge in [-0.25, -0.2) is 4.98 Å². The third-order valence-electron chi connectivity index (χ3n) is 3.04. The molecule has 0 bridgehead atoms. The van der Waals surface area contributed by atoms with Crippen molar-refractivity contribution >= 4 is 11.0 Å². The number of nitrogens with zero attached hydrogens (tertiary/aromatic N) is 3. The van der Waals surface area contributed by atoms with E-state index in [-0.39, 0.29) is 0 Å². The van der Waals surface area contributed by atoms with E-state index < -0.39 is 0 Å². The Balaban J connectivity index is 2.11. The summed E-state index contributed by atoms with van der Waals surface area (Å²) in [6, 6.07) is 6.17. The van der Waals surface area contributed by atoms with Crippen LogP contribution < -0.4 is 0 Å². The molecule has 0 saturated heterocycles. The maximum atomic E-state index is 4.49. The van der Waals surface area contributed by atoms with Crippen molar-refractivity contribution in [2.45, 2.75) is 19.8 Å². The summed E-state index contributed by atoms with van der Waals surface area (Å²) in [6.45, 7) is 4.28. The first-order valence-electron chi connectivity index (χ1n) is 6.00. The van der Waals surface area contributed by atoms with Crippen LogP contribution in [0.4, 0.5) is 0 Å². The normalized spacial score (nSPS) is 11.3. The number of nitrogens with one attached hydrogen (secondary N) is 1.